The van der Waals surface area contributed by atoms with E-state index in [-0.39, 0.29) is 17.7 Å². The number of ether oxygens (including phenoxy) is 1. The van der Waals surface area contributed by atoms with Crippen LogP contribution in [0.5, 0.6) is 5.75 Å². The Balaban J connectivity index is 1.43. The van der Waals surface area contributed by atoms with E-state index < -0.39 is 0 Å². The lowest BCUT2D eigenvalue weighted by molar-refractivity contribution is 0.0833. The molecule has 1 aliphatic carbocycles. The molecule has 0 aromatic heterocycles. The maximum absolute atomic E-state index is 13.7. The molecule has 0 radical (unpaired) electrons. The molecule has 0 N–H and O–H groups in total. The van der Waals surface area contributed by atoms with E-state index in [0.29, 0.717) is 23.2 Å². The molecule has 1 saturated heterocycles. The average molecular weight is 378 g/mol. The van der Waals surface area contributed by atoms with Gasteiger partial charge in [-0.1, -0.05) is 23.7 Å². The van der Waals surface area contributed by atoms with Crippen molar-refractivity contribution >= 4 is 11.6 Å². The molecule has 2 nitrogen and oxygen atoms in total. The molecule has 1 aliphatic heterocycles. The maximum atomic E-state index is 13.7. The van der Waals surface area contributed by atoms with Gasteiger partial charge in [0.15, 0.2) is 0 Å². The Bertz CT molecular complexity index is 794. The summed E-state index contributed by atoms with van der Waals surface area (Å²) >= 11 is 6.16. The van der Waals surface area contributed by atoms with Crippen molar-refractivity contribution in [2.75, 3.05) is 13.1 Å². The van der Waals surface area contributed by atoms with E-state index in [2.05, 4.69) is 4.90 Å². The van der Waals surface area contributed by atoms with Gasteiger partial charge in [0, 0.05) is 24.2 Å². The van der Waals surface area contributed by atoms with Crippen molar-refractivity contribution in [3.63, 3.8) is 0 Å². The number of piperidine rings is 1. The zero-order chi connectivity index (χ0) is 18.1. The predicted octanol–water partition coefficient (Wildman–Crippen LogP) is 5.54. The zero-order valence-corrected chi connectivity index (χ0v) is 15.3. The minimum Gasteiger partial charge on any atom is -0.489 e. The Hall–Kier alpha value is -1.65. The standard InChI is InChI=1S/C21H22ClF2NO/c22-20-10-16(23)6-5-15(20)12-25-9-1-2-18(13-25)26-21-11-17(24)7-8-19(21)14-3-4-14/h5-8,10-11,14,18H,1-4,9,12-13H2/t18-/m0/s1. The Kier molecular flexibility index (Phi) is 5.14. The Labute approximate surface area is 157 Å². The third-order valence-corrected chi connectivity index (χ3v) is 5.51. The second kappa shape index (κ2) is 7.53. The predicted molar refractivity (Wildman–Crippen MR) is 98.7 cm³/mol. The van der Waals surface area contributed by atoms with Crippen LogP contribution in [0, 0.1) is 11.6 Å². The van der Waals surface area contributed by atoms with Crippen LogP contribution in [0.25, 0.3) is 0 Å². The maximum Gasteiger partial charge on any atom is 0.126 e. The summed E-state index contributed by atoms with van der Waals surface area (Å²) in [5, 5.41) is 0.453. The fourth-order valence-corrected chi connectivity index (χ4v) is 3.89. The highest BCUT2D eigenvalue weighted by Crippen LogP contribution is 2.44. The summed E-state index contributed by atoms with van der Waals surface area (Å²) in [5.41, 5.74) is 2.04. The topological polar surface area (TPSA) is 12.5 Å². The largest absolute Gasteiger partial charge is 0.489 e. The summed E-state index contributed by atoms with van der Waals surface area (Å²) in [7, 11) is 0. The number of likely N-dealkylation sites (tertiary alicyclic amines) is 1. The van der Waals surface area contributed by atoms with E-state index in [1.807, 2.05) is 6.07 Å². The number of rotatable bonds is 5. The summed E-state index contributed by atoms with van der Waals surface area (Å²) in [6.45, 7) is 2.37. The van der Waals surface area contributed by atoms with Crippen LogP contribution in [0.4, 0.5) is 8.78 Å². The smallest absolute Gasteiger partial charge is 0.126 e. The average Bonchev–Trinajstić information content (AvgIpc) is 3.43. The number of hydrogen-bond acceptors (Lipinski definition) is 2. The molecule has 138 valence electrons. The van der Waals surface area contributed by atoms with Gasteiger partial charge in [0.2, 0.25) is 0 Å². The monoisotopic (exact) mass is 377 g/mol. The lowest BCUT2D eigenvalue weighted by Crippen LogP contribution is -2.40. The third-order valence-electron chi connectivity index (χ3n) is 5.16. The zero-order valence-electron chi connectivity index (χ0n) is 14.6. The van der Waals surface area contributed by atoms with Crippen molar-refractivity contribution in [2.45, 2.75) is 44.2 Å². The van der Waals surface area contributed by atoms with Crippen molar-refractivity contribution in [1.29, 1.82) is 0 Å². The van der Waals surface area contributed by atoms with Gasteiger partial charge < -0.3 is 4.74 Å². The summed E-state index contributed by atoms with van der Waals surface area (Å²) in [6.07, 6.45) is 4.30. The normalized spacial score (nSPS) is 21.0. The quantitative estimate of drug-likeness (QED) is 0.678. The van der Waals surface area contributed by atoms with Gasteiger partial charge in [-0.05, 0) is 67.5 Å². The van der Waals surface area contributed by atoms with Crippen LogP contribution in [-0.2, 0) is 6.54 Å². The van der Waals surface area contributed by atoms with Crippen LogP contribution in [-0.4, -0.2) is 24.1 Å². The number of hydrogen-bond donors (Lipinski definition) is 0. The van der Waals surface area contributed by atoms with Crippen molar-refractivity contribution in [2.24, 2.45) is 0 Å². The summed E-state index contributed by atoms with van der Waals surface area (Å²) in [4.78, 5) is 2.27. The first kappa shape index (κ1) is 17.7. The first-order valence-corrected chi connectivity index (χ1v) is 9.58. The highest BCUT2D eigenvalue weighted by atomic mass is 35.5. The number of halogens is 3. The molecule has 5 heteroatoms. The molecule has 2 aliphatic rings. The molecule has 2 fully saturated rings. The van der Waals surface area contributed by atoms with E-state index in [0.717, 1.165) is 49.9 Å². The van der Waals surface area contributed by atoms with Gasteiger partial charge in [-0.3, -0.25) is 4.90 Å². The van der Waals surface area contributed by atoms with Crippen molar-refractivity contribution < 1.29 is 13.5 Å². The molecule has 1 saturated carbocycles. The van der Waals surface area contributed by atoms with Crippen molar-refractivity contribution in [3.05, 3.63) is 64.2 Å². The molecule has 2 aromatic carbocycles. The van der Waals surface area contributed by atoms with Gasteiger partial charge in [-0.15, -0.1) is 0 Å². The highest BCUT2D eigenvalue weighted by Gasteiger charge is 2.29. The fourth-order valence-electron chi connectivity index (χ4n) is 3.67. The lowest BCUT2D eigenvalue weighted by Gasteiger charge is -2.33. The van der Waals surface area contributed by atoms with Gasteiger partial charge in [0.05, 0.1) is 0 Å². The fraction of sp³-hybridized carbons (Fsp3) is 0.429. The Morgan fingerprint density at radius 2 is 1.81 bits per heavy atom. The number of nitrogens with zero attached hydrogens (tertiary/aromatic N) is 1. The summed E-state index contributed by atoms with van der Waals surface area (Å²) in [6, 6.07) is 9.42. The number of benzene rings is 2. The molecule has 0 bridgehead atoms. The minimum atomic E-state index is -0.322. The van der Waals surface area contributed by atoms with Gasteiger partial charge in [0.25, 0.3) is 0 Å². The molecule has 0 spiro atoms. The van der Waals surface area contributed by atoms with E-state index in [9.17, 15) is 8.78 Å². The molecule has 0 unspecified atom stereocenters. The van der Waals surface area contributed by atoms with Crippen LogP contribution in [0.15, 0.2) is 36.4 Å². The van der Waals surface area contributed by atoms with Gasteiger partial charge in [-0.2, -0.15) is 0 Å². The second-order valence-electron chi connectivity index (χ2n) is 7.31. The molecule has 26 heavy (non-hydrogen) atoms. The first-order valence-electron chi connectivity index (χ1n) is 9.21. The van der Waals surface area contributed by atoms with Gasteiger partial charge in [-0.25, -0.2) is 8.78 Å². The van der Waals surface area contributed by atoms with Crippen molar-refractivity contribution in [3.8, 4) is 5.75 Å². The van der Waals surface area contributed by atoms with E-state index in [1.54, 1.807) is 6.07 Å². The van der Waals surface area contributed by atoms with E-state index in [4.69, 9.17) is 16.3 Å². The van der Waals surface area contributed by atoms with Crippen LogP contribution >= 0.6 is 11.6 Å². The molecule has 1 heterocycles. The minimum absolute atomic E-state index is 0.0299. The lowest BCUT2D eigenvalue weighted by atomic mass is 10.1. The van der Waals surface area contributed by atoms with Crippen LogP contribution in [0.1, 0.15) is 42.7 Å². The SMILES string of the molecule is Fc1ccc(CN2CCC[C@H](Oc3cc(F)ccc3C3CC3)C2)c(Cl)c1. The van der Waals surface area contributed by atoms with E-state index in [1.165, 1.54) is 24.3 Å². The molecule has 1 atom stereocenters. The van der Waals surface area contributed by atoms with Crippen LogP contribution in [0.3, 0.4) is 0 Å². The third kappa shape index (κ3) is 4.18. The summed E-state index contributed by atoms with van der Waals surface area (Å²) in [5.74, 6) is 0.634. The molecule has 4 rings (SSSR count). The van der Waals surface area contributed by atoms with Crippen LogP contribution < -0.4 is 4.74 Å². The molecular weight excluding hydrogens is 356 g/mol. The molecular formula is C21H22ClF2NO. The highest BCUT2D eigenvalue weighted by molar-refractivity contribution is 6.31. The Morgan fingerprint density at radius 3 is 2.58 bits per heavy atom. The Morgan fingerprint density at radius 1 is 1.04 bits per heavy atom. The van der Waals surface area contributed by atoms with Gasteiger partial charge >= 0.3 is 0 Å². The molecule has 0 amide bonds. The second-order valence-corrected chi connectivity index (χ2v) is 7.72. The van der Waals surface area contributed by atoms with Crippen molar-refractivity contribution in [1.82, 2.24) is 4.90 Å². The van der Waals surface area contributed by atoms with Crippen LogP contribution in [0.2, 0.25) is 5.02 Å². The first-order chi connectivity index (χ1) is 12.6. The summed E-state index contributed by atoms with van der Waals surface area (Å²) < 4.78 is 33.1. The van der Waals surface area contributed by atoms with E-state index >= 15 is 0 Å². The molecule has 2 aromatic rings. The van der Waals surface area contributed by atoms with Gasteiger partial charge in [0.1, 0.15) is 23.5 Å².